The largest absolute Gasteiger partial charge is 0.0959 e. The normalized spacial score (nSPS) is 26.1. The summed E-state index contributed by atoms with van der Waals surface area (Å²) in [7, 11) is 0. The van der Waals surface area contributed by atoms with Crippen LogP contribution in [0.3, 0.4) is 0 Å². The van der Waals surface area contributed by atoms with E-state index in [1.165, 1.54) is 24.0 Å². The quantitative estimate of drug-likeness (QED) is 0.467. The summed E-state index contributed by atoms with van der Waals surface area (Å²) >= 11 is 0. The minimum Gasteiger partial charge on any atom is -0.0959 e. The maximum atomic E-state index is 4.00. The molecule has 0 aromatic rings. The SMILES string of the molecule is C=C(C)C(C)=CC(C)C1=C(C)C2C=C2CC1. The first kappa shape index (κ1) is 11.4. The van der Waals surface area contributed by atoms with Crippen molar-refractivity contribution in [2.24, 2.45) is 11.8 Å². The van der Waals surface area contributed by atoms with E-state index in [0.717, 1.165) is 5.92 Å². The fourth-order valence-electron chi connectivity index (χ4n) is 2.69. The zero-order valence-electron chi connectivity index (χ0n) is 10.9. The monoisotopic (exact) mass is 214 g/mol. The van der Waals surface area contributed by atoms with E-state index in [2.05, 4.69) is 46.4 Å². The molecule has 0 aromatic carbocycles. The molecule has 0 aromatic heterocycles. The van der Waals surface area contributed by atoms with Gasteiger partial charge in [-0.25, -0.2) is 0 Å². The van der Waals surface area contributed by atoms with Crippen LogP contribution in [-0.2, 0) is 0 Å². The van der Waals surface area contributed by atoms with Gasteiger partial charge in [0, 0.05) is 5.92 Å². The Hall–Kier alpha value is -1.04. The third kappa shape index (κ3) is 2.07. The summed E-state index contributed by atoms with van der Waals surface area (Å²) in [5.74, 6) is 1.32. The number of hydrogen-bond donors (Lipinski definition) is 0. The minimum atomic E-state index is 0.576. The molecule has 0 aliphatic heterocycles. The highest BCUT2D eigenvalue weighted by Gasteiger charge is 2.32. The molecular weight excluding hydrogens is 192 g/mol. The molecule has 2 aliphatic carbocycles. The highest BCUT2D eigenvalue weighted by molar-refractivity contribution is 5.46. The van der Waals surface area contributed by atoms with Gasteiger partial charge in [0.2, 0.25) is 0 Å². The molecule has 0 heterocycles. The van der Waals surface area contributed by atoms with E-state index in [4.69, 9.17) is 0 Å². The van der Waals surface area contributed by atoms with Crippen LogP contribution in [0.1, 0.15) is 40.5 Å². The Kier molecular flexibility index (Phi) is 2.92. The summed E-state index contributed by atoms with van der Waals surface area (Å²) in [5.41, 5.74) is 7.46. The molecule has 2 unspecified atom stereocenters. The van der Waals surface area contributed by atoms with Gasteiger partial charge >= 0.3 is 0 Å². The smallest absolute Gasteiger partial charge is 0.0190 e. The van der Waals surface area contributed by atoms with Crippen molar-refractivity contribution >= 4 is 0 Å². The summed E-state index contributed by atoms with van der Waals surface area (Å²) < 4.78 is 0. The molecule has 2 rings (SSSR count). The van der Waals surface area contributed by atoms with Gasteiger partial charge in [-0.3, -0.25) is 0 Å². The Labute approximate surface area is 99.4 Å². The van der Waals surface area contributed by atoms with Gasteiger partial charge in [0.05, 0.1) is 0 Å². The number of hydrogen-bond acceptors (Lipinski definition) is 0. The molecule has 0 radical (unpaired) electrons. The second-order valence-electron chi connectivity index (χ2n) is 5.35. The van der Waals surface area contributed by atoms with Crippen molar-refractivity contribution in [3.63, 3.8) is 0 Å². The van der Waals surface area contributed by atoms with Crippen molar-refractivity contribution in [1.29, 1.82) is 0 Å². The summed E-state index contributed by atoms with van der Waals surface area (Å²) in [4.78, 5) is 0. The van der Waals surface area contributed by atoms with Gasteiger partial charge in [-0.2, -0.15) is 0 Å². The molecule has 86 valence electrons. The van der Waals surface area contributed by atoms with Gasteiger partial charge < -0.3 is 0 Å². The van der Waals surface area contributed by atoms with Gasteiger partial charge in [0.15, 0.2) is 0 Å². The molecule has 2 atom stereocenters. The summed E-state index contributed by atoms with van der Waals surface area (Å²) in [6.45, 7) is 12.9. The Balaban J connectivity index is 2.16. The van der Waals surface area contributed by atoms with E-state index in [-0.39, 0.29) is 0 Å². The molecule has 0 N–H and O–H groups in total. The van der Waals surface area contributed by atoms with E-state index in [1.54, 1.807) is 16.7 Å². The van der Waals surface area contributed by atoms with E-state index >= 15 is 0 Å². The van der Waals surface area contributed by atoms with Crippen LogP contribution in [-0.4, -0.2) is 0 Å². The second-order valence-corrected chi connectivity index (χ2v) is 5.35. The van der Waals surface area contributed by atoms with Crippen molar-refractivity contribution in [1.82, 2.24) is 0 Å². The maximum absolute atomic E-state index is 4.00. The molecule has 0 spiro atoms. The molecule has 0 bridgehead atoms. The molecule has 0 nitrogen and oxygen atoms in total. The third-order valence-electron chi connectivity index (χ3n) is 4.05. The lowest BCUT2D eigenvalue weighted by Gasteiger charge is -2.22. The second kappa shape index (κ2) is 4.08. The van der Waals surface area contributed by atoms with Crippen LogP contribution in [0.25, 0.3) is 0 Å². The van der Waals surface area contributed by atoms with Gasteiger partial charge in [0.1, 0.15) is 0 Å². The molecule has 2 aliphatic rings. The fraction of sp³-hybridized carbons (Fsp3) is 0.500. The Morgan fingerprint density at radius 1 is 1.44 bits per heavy atom. The molecular formula is C16H22. The predicted molar refractivity (Wildman–Crippen MR) is 71.2 cm³/mol. The molecule has 16 heavy (non-hydrogen) atoms. The van der Waals surface area contributed by atoms with Crippen LogP contribution in [0, 0.1) is 11.8 Å². The van der Waals surface area contributed by atoms with E-state index in [0.29, 0.717) is 5.92 Å². The van der Waals surface area contributed by atoms with Crippen molar-refractivity contribution in [2.75, 3.05) is 0 Å². The first-order valence-corrected chi connectivity index (χ1v) is 6.25. The van der Waals surface area contributed by atoms with Gasteiger partial charge in [-0.05, 0) is 39.5 Å². The number of rotatable bonds is 3. The van der Waals surface area contributed by atoms with Gasteiger partial charge in [0.25, 0.3) is 0 Å². The molecule has 0 amide bonds. The Morgan fingerprint density at radius 3 is 2.75 bits per heavy atom. The third-order valence-corrected chi connectivity index (χ3v) is 4.05. The summed E-state index contributed by atoms with van der Waals surface area (Å²) in [5, 5.41) is 0. The highest BCUT2D eigenvalue weighted by Crippen LogP contribution is 2.47. The number of allylic oxidation sites excluding steroid dienone is 7. The standard InChI is InChI=1S/C16H22/c1-10(2)11(3)8-12(4)15-7-6-14-9-16(14)13(15)5/h8-9,12,16H,1,6-7H2,2-5H3. The lowest BCUT2D eigenvalue weighted by Crippen LogP contribution is -2.07. The van der Waals surface area contributed by atoms with Gasteiger partial charge in [-0.1, -0.05) is 53.5 Å². The van der Waals surface area contributed by atoms with Crippen LogP contribution >= 0.6 is 0 Å². The fourth-order valence-corrected chi connectivity index (χ4v) is 2.69. The average molecular weight is 214 g/mol. The van der Waals surface area contributed by atoms with Crippen molar-refractivity contribution in [3.05, 3.63) is 46.6 Å². The van der Waals surface area contributed by atoms with E-state index in [1.807, 2.05) is 0 Å². The van der Waals surface area contributed by atoms with E-state index in [9.17, 15) is 0 Å². The number of fused-ring (bicyclic) bond motifs is 1. The predicted octanol–water partition coefficient (Wildman–Crippen LogP) is 4.81. The molecule has 0 saturated heterocycles. The van der Waals surface area contributed by atoms with Crippen LogP contribution < -0.4 is 0 Å². The minimum absolute atomic E-state index is 0.576. The Morgan fingerprint density at radius 2 is 2.12 bits per heavy atom. The zero-order valence-corrected chi connectivity index (χ0v) is 10.9. The highest BCUT2D eigenvalue weighted by atomic mass is 14.4. The van der Waals surface area contributed by atoms with Crippen molar-refractivity contribution in [3.8, 4) is 0 Å². The van der Waals surface area contributed by atoms with E-state index < -0.39 is 0 Å². The summed E-state index contributed by atoms with van der Waals surface area (Å²) in [6.07, 6.45) is 7.34. The van der Waals surface area contributed by atoms with Crippen LogP contribution in [0.4, 0.5) is 0 Å². The van der Waals surface area contributed by atoms with Crippen LogP contribution in [0.2, 0.25) is 0 Å². The topological polar surface area (TPSA) is 0 Å². The lowest BCUT2D eigenvalue weighted by molar-refractivity contribution is 0.704. The lowest BCUT2D eigenvalue weighted by atomic mass is 9.83. The van der Waals surface area contributed by atoms with Gasteiger partial charge in [-0.15, -0.1) is 0 Å². The average Bonchev–Trinajstić information content (AvgIpc) is 2.97. The van der Waals surface area contributed by atoms with Crippen LogP contribution in [0.5, 0.6) is 0 Å². The van der Waals surface area contributed by atoms with Crippen LogP contribution in [0.15, 0.2) is 46.6 Å². The molecule has 0 heteroatoms. The summed E-state index contributed by atoms with van der Waals surface area (Å²) in [6, 6.07) is 0. The zero-order chi connectivity index (χ0) is 11.9. The first-order chi connectivity index (χ1) is 7.50. The Bertz CT molecular complexity index is 415. The molecule has 0 fully saturated rings. The van der Waals surface area contributed by atoms with Crippen molar-refractivity contribution in [2.45, 2.75) is 40.5 Å². The van der Waals surface area contributed by atoms with Crippen molar-refractivity contribution < 1.29 is 0 Å². The maximum Gasteiger partial charge on any atom is 0.0190 e. The molecule has 0 saturated carbocycles. The first-order valence-electron chi connectivity index (χ1n) is 6.25.